The zero-order valence-corrected chi connectivity index (χ0v) is 24.7. The molecule has 0 heteroatoms. The lowest BCUT2D eigenvalue weighted by molar-refractivity contribution is 1.52. The molecule has 0 nitrogen and oxygen atoms in total. The molecule has 0 aromatic heterocycles. The second kappa shape index (κ2) is 11.2. The zero-order chi connectivity index (χ0) is 30.2. The standard InChI is InChI=1S/C44H32/c1-5-32-25-37(22-23-40(32)31(4)30(3)24-33-13-7-6-12-29(33)2)34-18-19-36-27-39(21-20-35(36)26-34)44-28-38-14-8-9-15-41(38)42-16-10-11-17-43(42)44/h5-28H,1-4H2/b33-24-. The molecule has 0 fully saturated rings. The van der Waals surface area contributed by atoms with E-state index >= 15 is 0 Å². The van der Waals surface area contributed by atoms with Gasteiger partial charge in [0.15, 0.2) is 0 Å². The highest BCUT2D eigenvalue weighted by Crippen LogP contribution is 2.37. The van der Waals surface area contributed by atoms with Crippen LogP contribution in [-0.4, -0.2) is 0 Å². The highest BCUT2D eigenvalue weighted by Gasteiger charge is 2.11. The van der Waals surface area contributed by atoms with Gasteiger partial charge >= 0.3 is 0 Å². The lowest BCUT2D eigenvalue weighted by Gasteiger charge is -2.14. The van der Waals surface area contributed by atoms with Gasteiger partial charge < -0.3 is 0 Å². The van der Waals surface area contributed by atoms with Crippen LogP contribution in [0.3, 0.4) is 0 Å². The third-order valence-electron chi connectivity index (χ3n) is 8.62. The van der Waals surface area contributed by atoms with Crippen molar-refractivity contribution in [1.82, 2.24) is 0 Å². The van der Waals surface area contributed by atoms with Crippen LogP contribution in [0.1, 0.15) is 11.1 Å². The van der Waals surface area contributed by atoms with Crippen molar-refractivity contribution in [3.8, 4) is 22.3 Å². The van der Waals surface area contributed by atoms with Crippen LogP contribution >= 0.6 is 0 Å². The number of fused-ring (bicyclic) bond motifs is 4. The lowest BCUT2D eigenvalue weighted by atomic mass is 9.90. The molecule has 0 saturated carbocycles. The molecule has 0 aliphatic carbocycles. The zero-order valence-electron chi connectivity index (χ0n) is 24.7. The predicted molar refractivity (Wildman–Crippen MR) is 194 cm³/mol. The van der Waals surface area contributed by atoms with Crippen molar-refractivity contribution in [2.24, 2.45) is 0 Å². The van der Waals surface area contributed by atoms with E-state index < -0.39 is 0 Å². The van der Waals surface area contributed by atoms with E-state index in [9.17, 15) is 0 Å². The molecule has 0 aliphatic heterocycles. The minimum absolute atomic E-state index is 0.859. The van der Waals surface area contributed by atoms with Crippen molar-refractivity contribution in [1.29, 1.82) is 0 Å². The first-order valence-corrected chi connectivity index (χ1v) is 14.9. The molecule has 0 radical (unpaired) electrons. The van der Waals surface area contributed by atoms with Crippen molar-refractivity contribution >= 4 is 56.6 Å². The van der Waals surface area contributed by atoms with Crippen LogP contribution in [0, 0.1) is 0 Å². The first-order valence-electron chi connectivity index (χ1n) is 14.9. The maximum atomic E-state index is 4.37. The molecule has 0 atom stereocenters. The van der Waals surface area contributed by atoms with Gasteiger partial charge in [0.1, 0.15) is 0 Å². The minimum atomic E-state index is 0.859. The van der Waals surface area contributed by atoms with Gasteiger partial charge in [-0.1, -0.05) is 142 Å². The molecule has 0 amide bonds. The van der Waals surface area contributed by atoms with Gasteiger partial charge in [-0.2, -0.15) is 0 Å². The van der Waals surface area contributed by atoms with Crippen molar-refractivity contribution in [3.63, 3.8) is 0 Å². The number of hydrogen-bond acceptors (Lipinski definition) is 0. The molecule has 44 heavy (non-hydrogen) atoms. The Balaban J connectivity index is 1.24. The van der Waals surface area contributed by atoms with Gasteiger partial charge in [-0.05, 0) is 118 Å². The third-order valence-corrected chi connectivity index (χ3v) is 8.62. The van der Waals surface area contributed by atoms with Gasteiger partial charge in [0.25, 0.3) is 0 Å². The number of benzene rings is 7. The number of hydrogen-bond donors (Lipinski definition) is 0. The summed E-state index contributed by atoms with van der Waals surface area (Å²) >= 11 is 0. The molecule has 0 bridgehead atoms. The fourth-order valence-electron chi connectivity index (χ4n) is 6.19. The molecule has 7 rings (SSSR count). The van der Waals surface area contributed by atoms with Gasteiger partial charge in [-0.3, -0.25) is 0 Å². The van der Waals surface area contributed by atoms with E-state index in [1.165, 1.54) is 43.4 Å². The lowest BCUT2D eigenvalue weighted by Crippen LogP contribution is -2.21. The Morgan fingerprint density at radius 2 is 1.14 bits per heavy atom. The Hall–Kier alpha value is -5.72. The van der Waals surface area contributed by atoms with Crippen LogP contribution in [0.2, 0.25) is 0 Å². The molecule has 0 saturated heterocycles. The first-order chi connectivity index (χ1) is 21.5. The van der Waals surface area contributed by atoms with Gasteiger partial charge in [0, 0.05) is 0 Å². The van der Waals surface area contributed by atoms with E-state index in [0.29, 0.717) is 0 Å². The van der Waals surface area contributed by atoms with Gasteiger partial charge in [0.2, 0.25) is 0 Å². The minimum Gasteiger partial charge on any atom is -0.0984 e. The summed E-state index contributed by atoms with van der Waals surface area (Å²) in [7, 11) is 0. The summed E-state index contributed by atoms with van der Waals surface area (Å²) in [6.45, 7) is 16.9. The van der Waals surface area contributed by atoms with E-state index in [0.717, 1.165) is 43.8 Å². The van der Waals surface area contributed by atoms with Crippen LogP contribution in [0.5, 0.6) is 0 Å². The highest BCUT2D eigenvalue weighted by molar-refractivity contribution is 6.14. The summed E-state index contributed by atoms with van der Waals surface area (Å²) in [5, 5.41) is 9.55. The van der Waals surface area contributed by atoms with Gasteiger partial charge in [0.05, 0.1) is 0 Å². The molecule has 7 aromatic carbocycles. The largest absolute Gasteiger partial charge is 0.0984 e. The van der Waals surface area contributed by atoms with Crippen LogP contribution in [0.25, 0.3) is 78.9 Å². The fraction of sp³-hybridized carbons (Fsp3) is 0. The SMILES string of the molecule is C=Cc1cc(-c2ccc3cc(-c4cc5ccccc5c5ccccc45)ccc3c2)ccc1C(=C)C(=C)/C=c1/ccccc1=C. The van der Waals surface area contributed by atoms with Crippen molar-refractivity contribution < 1.29 is 0 Å². The Morgan fingerprint density at radius 3 is 1.91 bits per heavy atom. The predicted octanol–water partition coefficient (Wildman–Crippen LogP) is 10.6. The van der Waals surface area contributed by atoms with Crippen LogP contribution < -0.4 is 10.4 Å². The van der Waals surface area contributed by atoms with E-state index in [4.69, 9.17) is 0 Å². The van der Waals surface area contributed by atoms with E-state index in [1.807, 2.05) is 36.4 Å². The molecule has 7 aromatic rings. The second-order valence-corrected chi connectivity index (χ2v) is 11.3. The third kappa shape index (κ3) is 4.87. The van der Waals surface area contributed by atoms with Crippen molar-refractivity contribution in [3.05, 3.63) is 180 Å². The molecule has 0 unspecified atom stereocenters. The Labute approximate surface area is 258 Å². The van der Waals surface area contributed by atoms with Crippen molar-refractivity contribution in [2.75, 3.05) is 0 Å². The topological polar surface area (TPSA) is 0 Å². The molecule has 208 valence electrons. The van der Waals surface area contributed by atoms with E-state index in [1.54, 1.807) is 0 Å². The second-order valence-electron chi connectivity index (χ2n) is 11.3. The summed E-state index contributed by atoms with van der Waals surface area (Å²) in [5.74, 6) is 0. The average Bonchev–Trinajstić information content (AvgIpc) is 3.07. The Bertz CT molecular complexity index is 2400. The molecule has 0 heterocycles. The van der Waals surface area contributed by atoms with Gasteiger partial charge in [-0.25, -0.2) is 0 Å². The molecular weight excluding hydrogens is 528 g/mol. The van der Waals surface area contributed by atoms with Gasteiger partial charge in [-0.15, -0.1) is 0 Å². The van der Waals surface area contributed by atoms with Crippen LogP contribution in [0.4, 0.5) is 0 Å². The summed E-state index contributed by atoms with van der Waals surface area (Å²) in [6, 6.07) is 47.7. The average molecular weight is 561 g/mol. The van der Waals surface area contributed by atoms with Crippen molar-refractivity contribution in [2.45, 2.75) is 0 Å². The molecule has 0 N–H and O–H groups in total. The fourth-order valence-corrected chi connectivity index (χ4v) is 6.19. The quantitative estimate of drug-likeness (QED) is 0.140. The molecular formula is C44H32. The normalized spacial score (nSPS) is 11.7. The summed E-state index contributed by atoms with van der Waals surface area (Å²) in [5.41, 5.74) is 8.58. The summed E-state index contributed by atoms with van der Waals surface area (Å²) in [4.78, 5) is 0. The smallest absolute Gasteiger partial charge is 0.00988 e. The number of rotatable bonds is 6. The maximum absolute atomic E-state index is 4.37. The van der Waals surface area contributed by atoms with E-state index in [2.05, 4.69) is 136 Å². The molecule has 0 aliphatic rings. The maximum Gasteiger partial charge on any atom is -0.00988 e. The monoisotopic (exact) mass is 560 g/mol. The van der Waals surface area contributed by atoms with E-state index in [-0.39, 0.29) is 0 Å². The number of allylic oxidation sites excluding steroid dienone is 2. The Kier molecular flexibility index (Phi) is 6.89. The van der Waals surface area contributed by atoms with Crippen LogP contribution in [-0.2, 0) is 0 Å². The summed E-state index contributed by atoms with van der Waals surface area (Å²) in [6.07, 6.45) is 3.94. The summed E-state index contributed by atoms with van der Waals surface area (Å²) < 4.78 is 0. The Morgan fingerprint density at radius 1 is 0.523 bits per heavy atom. The van der Waals surface area contributed by atoms with Crippen LogP contribution in [0.15, 0.2) is 159 Å². The first kappa shape index (κ1) is 27.1. The molecule has 0 spiro atoms. The highest BCUT2D eigenvalue weighted by atomic mass is 14.2.